The fraction of sp³-hybridized carbons (Fsp3) is 0.250. The Labute approximate surface area is 278 Å². The van der Waals surface area contributed by atoms with Gasteiger partial charge < -0.3 is 40.4 Å². The molecule has 0 bridgehead atoms. The van der Waals surface area contributed by atoms with Crippen LogP contribution in [0.2, 0.25) is 0 Å². The van der Waals surface area contributed by atoms with E-state index in [1.807, 2.05) is 0 Å². The first-order valence-corrected chi connectivity index (χ1v) is 12.9. The van der Waals surface area contributed by atoms with Crippen LogP contribution in [0, 0.1) is 0 Å². The second-order valence-electron chi connectivity index (χ2n) is 6.92. The number of fused-ring (bicyclic) bond motifs is 1. The smallest absolute Gasteiger partial charge is 0.546 e. The van der Waals surface area contributed by atoms with Crippen molar-refractivity contribution in [1.29, 1.82) is 0 Å². The van der Waals surface area contributed by atoms with Gasteiger partial charge >= 0.3 is 65.1 Å². The standard InChI is InChI=1S/C20H19N5O9S3.2Na/c1-2-4-33-12(28)3-5-35-10-8-36-18-14(17(30)25(18)15(10)19(31)32)23-16(29)13(24-34-6-11(26)27)9-7-37-20(21)22-9;;/h2-3,5,7,14,18H,1,4,6,8H2,(H2,21,22)(H,23,29)(H,26,27)(H,31,32);;/q;2*+1/p-2/b5-3-,24-13-;;/t14-,18+;;/m1../s1. The van der Waals surface area contributed by atoms with Crippen molar-refractivity contribution in [2.75, 3.05) is 24.7 Å². The zero-order valence-electron chi connectivity index (χ0n) is 20.6. The Morgan fingerprint density at radius 1 is 1.33 bits per heavy atom. The molecular weight excluding hydrogens is 596 g/mol. The topological polar surface area (TPSA) is 216 Å². The first-order valence-electron chi connectivity index (χ1n) is 10.1. The number of anilines is 1. The summed E-state index contributed by atoms with van der Waals surface area (Å²) in [5.74, 6) is -5.37. The third-order valence-electron chi connectivity index (χ3n) is 4.49. The van der Waals surface area contributed by atoms with Crippen LogP contribution in [-0.4, -0.2) is 75.7 Å². The summed E-state index contributed by atoms with van der Waals surface area (Å²) < 4.78 is 4.79. The van der Waals surface area contributed by atoms with E-state index in [-0.39, 0.29) is 92.9 Å². The Bertz CT molecular complexity index is 1240. The molecular formula is C20H17N5Na2O9S3. The van der Waals surface area contributed by atoms with Gasteiger partial charge in [-0.1, -0.05) is 29.6 Å². The molecule has 3 N–H and O–H groups in total. The van der Waals surface area contributed by atoms with Gasteiger partial charge in [0.1, 0.15) is 23.7 Å². The van der Waals surface area contributed by atoms with Crippen LogP contribution >= 0.6 is 34.9 Å². The molecule has 1 saturated heterocycles. The summed E-state index contributed by atoms with van der Waals surface area (Å²) in [6.45, 7) is 2.49. The second kappa shape index (κ2) is 16.4. The Morgan fingerprint density at radius 3 is 2.64 bits per heavy atom. The number of nitrogens with one attached hydrogen (secondary N) is 1. The number of β-lactam (4-membered cyclic amide) rings is 1. The molecule has 0 aliphatic carbocycles. The van der Waals surface area contributed by atoms with Crippen molar-refractivity contribution in [2.24, 2.45) is 5.16 Å². The molecule has 1 fully saturated rings. The number of ether oxygens (including phenoxy) is 1. The maximum absolute atomic E-state index is 12.9. The van der Waals surface area contributed by atoms with Crippen molar-refractivity contribution in [1.82, 2.24) is 15.2 Å². The van der Waals surface area contributed by atoms with E-state index in [9.17, 15) is 34.2 Å². The van der Waals surface area contributed by atoms with E-state index in [0.717, 1.165) is 34.1 Å². The van der Waals surface area contributed by atoms with Crippen molar-refractivity contribution in [3.63, 3.8) is 0 Å². The zero-order chi connectivity index (χ0) is 27.1. The van der Waals surface area contributed by atoms with E-state index >= 15 is 0 Å². The minimum atomic E-state index is -1.61. The van der Waals surface area contributed by atoms with Gasteiger partial charge in [-0.3, -0.25) is 14.5 Å². The van der Waals surface area contributed by atoms with Gasteiger partial charge in [0.25, 0.3) is 11.8 Å². The molecule has 1 aromatic heterocycles. The first kappa shape index (κ1) is 35.2. The van der Waals surface area contributed by atoms with Crippen LogP contribution in [0.5, 0.6) is 0 Å². The van der Waals surface area contributed by atoms with Crippen molar-refractivity contribution in [2.45, 2.75) is 11.4 Å². The number of rotatable bonds is 12. The normalized spacial score (nSPS) is 18.2. The third kappa shape index (κ3) is 9.09. The quantitative estimate of drug-likeness (QED) is 0.0426. The van der Waals surface area contributed by atoms with E-state index in [0.29, 0.717) is 0 Å². The fourth-order valence-corrected chi connectivity index (χ4v) is 5.85. The second-order valence-corrected chi connectivity index (χ2v) is 9.91. The molecule has 0 saturated carbocycles. The van der Waals surface area contributed by atoms with Crippen LogP contribution in [0.15, 0.2) is 45.3 Å². The number of hydrogen-bond acceptors (Lipinski definition) is 15. The first-order chi connectivity index (χ1) is 17.6. The summed E-state index contributed by atoms with van der Waals surface area (Å²) in [6.07, 6.45) is 2.49. The Morgan fingerprint density at radius 2 is 2.05 bits per heavy atom. The number of aliphatic carboxylic acids is 2. The summed E-state index contributed by atoms with van der Waals surface area (Å²) in [7, 11) is 0. The average molecular weight is 614 g/mol. The molecule has 3 rings (SSSR count). The van der Waals surface area contributed by atoms with Crippen molar-refractivity contribution < 1.29 is 103 Å². The van der Waals surface area contributed by atoms with Crippen LogP contribution in [0.25, 0.3) is 0 Å². The number of nitrogens with zero attached hydrogens (tertiary/aromatic N) is 3. The van der Waals surface area contributed by atoms with Crippen LogP contribution in [-0.2, 0) is 33.5 Å². The SMILES string of the molecule is C=CCOC(=O)/C=C\SC1=C(C(=O)[O-])N2C(=O)[C@@H](NC(=O)/C(=N\OCC(=O)[O-])c3csc(N)n3)[C@@H]2SC1.[Na+].[Na+]. The number of oxime groups is 1. The van der Waals surface area contributed by atoms with Crippen LogP contribution in [0.1, 0.15) is 5.69 Å². The van der Waals surface area contributed by atoms with E-state index in [2.05, 4.69) is 26.9 Å². The van der Waals surface area contributed by atoms with E-state index in [1.165, 1.54) is 28.6 Å². The summed E-state index contributed by atoms with van der Waals surface area (Å²) in [6, 6.07) is -1.13. The maximum Gasteiger partial charge on any atom is 1.00 e. The molecule has 0 radical (unpaired) electrons. The summed E-state index contributed by atoms with van der Waals surface area (Å²) in [5, 5.41) is 30.4. The average Bonchev–Trinajstić information content (AvgIpc) is 3.28. The van der Waals surface area contributed by atoms with Gasteiger partial charge in [-0.25, -0.2) is 9.78 Å². The van der Waals surface area contributed by atoms with Gasteiger partial charge in [-0.2, -0.15) is 0 Å². The number of carbonyl (C=O) groups excluding carboxylic acids is 5. The van der Waals surface area contributed by atoms with Crippen molar-refractivity contribution in [3.8, 4) is 0 Å². The molecule has 0 unspecified atom stereocenters. The number of amides is 2. The zero-order valence-corrected chi connectivity index (χ0v) is 27.1. The number of carboxylic acids is 2. The summed E-state index contributed by atoms with van der Waals surface area (Å²) in [4.78, 5) is 69.4. The largest absolute Gasteiger partial charge is 1.00 e. The van der Waals surface area contributed by atoms with Gasteiger partial charge in [-0.15, -0.1) is 23.1 Å². The van der Waals surface area contributed by atoms with E-state index in [1.54, 1.807) is 0 Å². The van der Waals surface area contributed by atoms with Crippen LogP contribution in [0.4, 0.5) is 5.13 Å². The van der Waals surface area contributed by atoms with Gasteiger partial charge in [0.15, 0.2) is 17.5 Å². The van der Waals surface area contributed by atoms with Gasteiger partial charge in [0, 0.05) is 22.1 Å². The Hall–Kier alpha value is -1.83. The molecule has 0 aromatic carbocycles. The third-order valence-corrected chi connectivity index (χ3v) is 7.52. The predicted molar refractivity (Wildman–Crippen MR) is 129 cm³/mol. The molecule has 0 spiro atoms. The van der Waals surface area contributed by atoms with Crippen molar-refractivity contribution >= 4 is 75.4 Å². The monoisotopic (exact) mass is 613 g/mol. The van der Waals surface area contributed by atoms with E-state index < -0.39 is 53.5 Å². The molecule has 2 amide bonds. The van der Waals surface area contributed by atoms with Gasteiger partial charge in [-0.05, 0) is 5.41 Å². The molecule has 1 aromatic rings. The molecule has 2 aliphatic heterocycles. The fourth-order valence-electron chi connectivity index (χ4n) is 2.99. The number of hydrogen-bond donors (Lipinski definition) is 2. The molecule has 39 heavy (non-hydrogen) atoms. The van der Waals surface area contributed by atoms with Crippen LogP contribution in [0.3, 0.4) is 0 Å². The Balaban J connectivity index is 0.00000380. The minimum absolute atomic E-state index is 0. The summed E-state index contributed by atoms with van der Waals surface area (Å²) in [5.41, 5.74) is 4.73. The molecule has 2 atom stereocenters. The number of aromatic nitrogens is 1. The molecule has 19 heteroatoms. The number of thiazole rings is 1. The van der Waals surface area contributed by atoms with E-state index in [4.69, 9.17) is 10.5 Å². The summed E-state index contributed by atoms with van der Waals surface area (Å²) >= 11 is 3.06. The molecule has 196 valence electrons. The maximum atomic E-state index is 12.9. The molecule has 14 nitrogen and oxygen atoms in total. The number of carbonyl (C=O) groups is 5. The Kier molecular flexibility index (Phi) is 14.8. The number of nitrogens with two attached hydrogens (primary N) is 1. The van der Waals surface area contributed by atoms with Crippen LogP contribution < -0.4 is 80.4 Å². The number of nitrogen functional groups attached to an aromatic ring is 1. The number of carboxylic acid groups (broad SMARTS) is 2. The molecule has 3 heterocycles. The minimum Gasteiger partial charge on any atom is -0.546 e. The van der Waals surface area contributed by atoms with Gasteiger partial charge in [0.2, 0.25) is 0 Å². The number of esters is 1. The molecule has 2 aliphatic rings. The predicted octanol–water partition coefficient (Wildman–Crippen LogP) is -8.46. The number of thioether (sulfide) groups is 2. The van der Waals surface area contributed by atoms with Gasteiger partial charge in [0.05, 0.1) is 17.6 Å². The van der Waals surface area contributed by atoms with Crippen molar-refractivity contribution in [3.05, 3.63) is 45.8 Å².